The lowest BCUT2D eigenvalue weighted by Crippen LogP contribution is -2.22. The van der Waals surface area contributed by atoms with Crippen molar-refractivity contribution in [2.75, 3.05) is 6.79 Å². The minimum absolute atomic E-state index is 0.00410. The molecule has 0 saturated carbocycles. The summed E-state index contributed by atoms with van der Waals surface area (Å²) in [5.41, 5.74) is 0.135. The second-order valence-electron chi connectivity index (χ2n) is 7.93. The van der Waals surface area contributed by atoms with Gasteiger partial charge >= 0.3 is 5.63 Å². The number of hydrogen-bond donors (Lipinski definition) is 1. The molecule has 1 aliphatic heterocycles. The van der Waals surface area contributed by atoms with E-state index in [-0.39, 0.29) is 29.2 Å². The fourth-order valence-electron chi connectivity index (χ4n) is 4.11. The van der Waals surface area contributed by atoms with Crippen LogP contribution >= 0.6 is 23.4 Å². The van der Waals surface area contributed by atoms with E-state index in [0.29, 0.717) is 32.3 Å². The largest absolute Gasteiger partial charge is 0.505 e. The highest BCUT2D eigenvalue weighted by atomic mass is 35.5. The van der Waals surface area contributed by atoms with Gasteiger partial charge in [-0.15, -0.1) is 0 Å². The number of hydrogen-bond acceptors (Lipinski definition) is 7. The summed E-state index contributed by atoms with van der Waals surface area (Å²) in [6, 6.07) is 19.6. The SMILES string of the molecule is O=c1oc2c(c(O)c1Sc1ccc(Cl)cc1)c(=O)n(Cc1ccccc1)c1cc3c(cc21)OCO3. The Kier molecular flexibility index (Phi) is 5.20. The van der Waals surface area contributed by atoms with Crippen LogP contribution in [0.5, 0.6) is 17.2 Å². The molecule has 35 heavy (non-hydrogen) atoms. The number of halogens is 1. The molecule has 0 radical (unpaired) electrons. The summed E-state index contributed by atoms with van der Waals surface area (Å²) in [6.45, 7) is 0.285. The summed E-state index contributed by atoms with van der Waals surface area (Å²) in [5, 5.41) is 12.1. The van der Waals surface area contributed by atoms with Gasteiger partial charge in [0.25, 0.3) is 5.56 Å². The predicted molar refractivity (Wildman–Crippen MR) is 133 cm³/mol. The van der Waals surface area contributed by atoms with Crippen LogP contribution in [0.3, 0.4) is 0 Å². The van der Waals surface area contributed by atoms with Crippen molar-refractivity contribution in [1.82, 2.24) is 4.57 Å². The van der Waals surface area contributed by atoms with Crippen molar-refractivity contribution in [3.05, 3.63) is 98.1 Å². The Labute approximate surface area is 207 Å². The standard InChI is InChI=1S/C26H16ClNO6S/c27-15-6-8-16(9-7-15)35-24-22(29)21-23(34-26(24)31)17-10-19-20(33-13-32-19)11-18(17)28(25(21)30)12-14-4-2-1-3-5-14/h1-11,29H,12-13H2. The number of nitrogens with zero attached hydrogens (tertiary/aromatic N) is 1. The minimum atomic E-state index is -0.755. The molecule has 2 aromatic heterocycles. The summed E-state index contributed by atoms with van der Waals surface area (Å²) in [6.07, 6.45) is 0. The maximum atomic E-state index is 13.8. The molecule has 9 heteroatoms. The molecule has 3 aromatic carbocycles. The maximum absolute atomic E-state index is 13.8. The van der Waals surface area contributed by atoms with Crippen molar-refractivity contribution >= 4 is 45.2 Å². The second-order valence-corrected chi connectivity index (χ2v) is 9.45. The lowest BCUT2D eigenvalue weighted by molar-refractivity contribution is 0.174. The third kappa shape index (κ3) is 3.71. The number of rotatable bonds is 4. The molecule has 174 valence electrons. The van der Waals surface area contributed by atoms with Crippen molar-refractivity contribution in [3.63, 3.8) is 0 Å². The summed E-state index contributed by atoms with van der Waals surface area (Å²) in [4.78, 5) is 27.3. The predicted octanol–water partition coefficient (Wildman–Crippen LogP) is 5.40. The van der Waals surface area contributed by atoms with Crippen LogP contribution in [0.1, 0.15) is 5.56 Å². The average Bonchev–Trinajstić information content (AvgIpc) is 3.32. The van der Waals surface area contributed by atoms with Crippen LogP contribution in [-0.2, 0) is 6.54 Å². The van der Waals surface area contributed by atoms with Gasteiger partial charge in [-0.05, 0) is 35.9 Å². The minimum Gasteiger partial charge on any atom is -0.505 e. The topological polar surface area (TPSA) is 90.9 Å². The van der Waals surface area contributed by atoms with Gasteiger partial charge in [0.2, 0.25) is 6.79 Å². The Balaban J connectivity index is 1.64. The van der Waals surface area contributed by atoms with Gasteiger partial charge in [0, 0.05) is 21.4 Å². The van der Waals surface area contributed by atoms with Crippen LogP contribution in [-0.4, -0.2) is 16.5 Å². The Morgan fingerprint density at radius 2 is 1.69 bits per heavy atom. The summed E-state index contributed by atoms with van der Waals surface area (Å²) < 4.78 is 18.2. The molecule has 3 heterocycles. The van der Waals surface area contributed by atoms with Crippen molar-refractivity contribution in [2.24, 2.45) is 0 Å². The molecule has 5 aromatic rings. The van der Waals surface area contributed by atoms with Crippen LogP contribution < -0.4 is 20.7 Å². The van der Waals surface area contributed by atoms with E-state index in [2.05, 4.69) is 0 Å². The number of benzene rings is 3. The lowest BCUT2D eigenvalue weighted by atomic mass is 10.1. The van der Waals surface area contributed by atoms with Gasteiger partial charge in [-0.3, -0.25) is 4.79 Å². The third-order valence-corrected chi connectivity index (χ3v) is 7.09. The first-order valence-electron chi connectivity index (χ1n) is 10.6. The van der Waals surface area contributed by atoms with E-state index in [0.717, 1.165) is 17.3 Å². The second kappa shape index (κ2) is 8.41. The van der Waals surface area contributed by atoms with E-state index >= 15 is 0 Å². The smallest absolute Gasteiger partial charge is 0.354 e. The van der Waals surface area contributed by atoms with Crippen molar-refractivity contribution in [2.45, 2.75) is 16.3 Å². The third-order valence-electron chi connectivity index (χ3n) is 5.76. The van der Waals surface area contributed by atoms with Gasteiger partial charge in [-0.2, -0.15) is 0 Å². The van der Waals surface area contributed by atoms with E-state index in [9.17, 15) is 14.7 Å². The summed E-state index contributed by atoms with van der Waals surface area (Å²) in [5.74, 6) is 0.521. The molecule has 0 fully saturated rings. The highest BCUT2D eigenvalue weighted by molar-refractivity contribution is 7.99. The van der Waals surface area contributed by atoms with E-state index in [1.54, 1.807) is 36.4 Å². The Bertz CT molecular complexity index is 1730. The number of aromatic hydroxyl groups is 1. The van der Waals surface area contributed by atoms with Gasteiger partial charge in [0.1, 0.15) is 10.3 Å². The van der Waals surface area contributed by atoms with Gasteiger partial charge in [0.05, 0.1) is 12.1 Å². The lowest BCUT2D eigenvalue weighted by Gasteiger charge is -2.15. The quantitative estimate of drug-likeness (QED) is 0.327. The van der Waals surface area contributed by atoms with Crippen molar-refractivity contribution < 1.29 is 19.0 Å². The molecule has 0 bridgehead atoms. The molecule has 0 aliphatic carbocycles. The van der Waals surface area contributed by atoms with E-state index < -0.39 is 16.9 Å². The molecule has 0 saturated heterocycles. The molecule has 1 aliphatic rings. The molecule has 1 N–H and O–H groups in total. The van der Waals surface area contributed by atoms with Crippen LogP contribution in [0.25, 0.3) is 21.9 Å². The number of ether oxygens (including phenoxy) is 2. The molecule has 0 unspecified atom stereocenters. The Hall–Kier alpha value is -3.88. The number of pyridine rings is 1. The molecule has 6 rings (SSSR count). The average molecular weight is 506 g/mol. The first-order chi connectivity index (χ1) is 17.0. The molecular weight excluding hydrogens is 490 g/mol. The highest BCUT2D eigenvalue weighted by Crippen LogP contribution is 2.41. The van der Waals surface area contributed by atoms with Crippen molar-refractivity contribution in [3.8, 4) is 17.2 Å². The summed E-state index contributed by atoms with van der Waals surface area (Å²) in [7, 11) is 0. The monoisotopic (exact) mass is 505 g/mol. The van der Waals surface area contributed by atoms with Crippen molar-refractivity contribution in [1.29, 1.82) is 0 Å². The van der Waals surface area contributed by atoms with Crippen LogP contribution in [0, 0.1) is 0 Å². The van der Waals surface area contributed by atoms with Gasteiger partial charge in [-0.1, -0.05) is 53.7 Å². The van der Waals surface area contributed by atoms with Gasteiger partial charge in [0.15, 0.2) is 22.8 Å². The molecular formula is C26H16ClNO6S. The molecule has 7 nitrogen and oxygen atoms in total. The number of fused-ring (bicyclic) bond motifs is 4. The van der Waals surface area contributed by atoms with E-state index in [4.69, 9.17) is 25.5 Å². The zero-order chi connectivity index (χ0) is 24.1. The van der Waals surface area contributed by atoms with Gasteiger partial charge in [-0.25, -0.2) is 4.79 Å². The fourth-order valence-corrected chi connectivity index (χ4v) is 5.07. The normalized spacial score (nSPS) is 12.5. The summed E-state index contributed by atoms with van der Waals surface area (Å²) >= 11 is 6.95. The van der Waals surface area contributed by atoms with Crippen LogP contribution in [0.4, 0.5) is 0 Å². The zero-order valence-electron chi connectivity index (χ0n) is 18.0. The Morgan fingerprint density at radius 3 is 2.43 bits per heavy atom. The molecule has 0 spiro atoms. The molecule has 0 atom stereocenters. The van der Waals surface area contributed by atoms with Gasteiger partial charge < -0.3 is 23.6 Å². The first kappa shape index (κ1) is 21.6. The Morgan fingerprint density at radius 1 is 0.971 bits per heavy atom. The van der Waals surface area contributed by atoms with E-state index in [1.165, 1.54) is 4.57 Å². The maximum Gasteiger partial charge on any atom is 0.354 e. The zero-order valence-corrected chi connectivity index (χ0v) is 19.6. The number of aromatic nitrogens is 1. The first-order valence-corrected chi connectivity index (χ1v) is 11.8. The van der Waals surface area contributed by atoms with E-state index in [1.807, 2.05) is 30.3 Å². The molecule has 0 amide bonds. The van der Waals surface area contributed by atoms with Crippen LogP contribution in [0.2, 0.25) is 5.02 Å². The highest BCUT2D eigenvalue weighted by Gasteiger charge is 2.25. The van der Waals surface area contributed by atoms with Crippen LogP contribution in [0.15, 0.2) is 90.5 Å². The fraction of sp³-hybridized carbons (Fsp3) is 0.0769.